The third-order valence-electron chi connectivity index (χ3n) is 6.52. The smallest absolute Gasteiger partial charge is 0.331 e. The molecule has 0 aromatic carbocycles. The van der Waals surface area contributed by atoms with E-state index in [1.54, 1.807) is 49.4 Å². The number of aromatic nitrogens is 2. The van der Waals surface area contributed by atoms with E-state index in [2.05, 4.69) is 16.8 Å². The largest absolute Gasteiger partial charge is 0.386 e. The first-order valence-electron chi connectivity index (χ1n) is 11.9. The Labute approximate surface area is 215 Å². The van der Waals surface area contributed by atoms with Crippen LogP contribution in [-0.4, -0.2) is 64.9 Å². The van der Waals surface area contributed by atoms with Crippen LogP contribution in [0.4, 0.5) is 34.4 Å². The minimum absolute atomic E-state index is 0.303. The van der Waals surface area contributed by atoms with Gasteiger partial charge >= 0.3 is 6.98 Å². The highest BCUT2D eigenvalue weighted by Crippen LogP contribution is 2.50. The van der Waals surface area contributed by atoms with Crippen LogP contribution in [0.1, 0.15) is 0 Å². The standard InChI is InChI=1S/C25H15BN12/c1-26-37-22-16-18(31-12-6-4-10-29-16)24(37)36-25-19-17(30-11-5-7-13-32-19)23(38(25)26)35-21-15-14(20(33-21)34-22)27-8-2-3-9-28-15/h2-13H,1H3/b3-2-,6-4?,7-5?,8-2?,9-3?,10-4?,11-5?,12-6?,13-7?,27-8?,27-14?,28-9?,28-15?,29-10?,29-16?,30-11?,30-17?,31-12?,31-18?,32-13?,32-19?,34-20?,34-22?,35-21?,35-23?. The molecule has 0 fully saturated rings. The lowest BCUT2D eigenvalue weighted by Gasteiger charge is -2.20. The van der Waals surface area contributed by atoms with Gasteiger partial charge in [0.1, 0.15) is 34.1 Å². The van der Waals surface area contributed by atoms with Crippen LogP contribution >= 0.6 is 0 Å². The molecular formula is C25H15BN12. The van der Waals surface area contributed by atoms with Crippen molar-refractivity contribution in [3.8, 4) is 0 Å². The molecule has 0 N–H and O–H groups in total. The van der Waals surface area contributed by atoms with E-state index in [0.29, 0.717) is 68.4 Å². The van der Waals surface area contributed by atoms with Crippen molar-refractivity contribution in [3.63, 3.8) is 0 Å². The molecule has 12 nitrogen and oxygen atoms in total. The van der Waals surface area contributed by atoms with E-state index < -0.39 is 0 Å². The molecule has 0 aliphatic carbocycles. The van der Waals surface area contributed by atoms with Crippen LogP contribution < -0.4 is 11.0 Å². The van der Waals surface area contributed by atoms with Gasteiger partial charge in [0, 0.05) is 37.3 Å². The average Bonchev–Trinajstić information content (AvgIpc) is 3.41. The summed E-state index contributed by atoms with van der Waals surface area (Å²) in [5.41, 5.74) is 4.59. The molecule has 6 aliphatic heterocycles. The third-order valence-corrected chi connectivity index (χ3v) is 6.52. The van der Waals surface area contributed by atoms with E-state index in [4.69, 9.17) is 39.9 Å². The second-order valence-electron chi connectivity index (χ2n) is 8.68. The SMILES string of the molecule is CB1n2c3c4c(c2N=c2c5c(c(n21)=NC1=NC(=N3)C2=C1N=C/C=C\C=N2)N=CC=CC=N5)N=CC=CC=N4. The molecule has 13 heteroatoms. The number of amidine groups is 2. The van der Waals surface area contributed by atoms with Crippen molar-refractivity contribution in [1.29, 1.82) is 0 Å². The molecule has 0 saturated carbocycles. The summed E-state index contributed by atoms with van der Waals surface area (Å²) < 4.78 is 3.99. The minimum atomic E-state index is -0.303. The van der Waals surface area contributed by atoms with E-state index in [1.807, 2.05) is 33.3 Å². The van der Waals surface area contributed by atoms with Crippen molar-refractivity contribution in [1.82, 2.24) is 8.96 Å². The summed E-state index contributed by atoms with van der Waals surface area (Å²) in [6.07, 6.45) is 21.1. The van der Waals surface area contributed by atoms with Crippen LogP contribution in [0, 0.1) is 0 Å². The summed E-state index contributed by atoms with van der Waals surface area (Å²) in [7, 11) is 0. The first-order valence-corrected chi connectivity index (χ1v) is 11.9. The molecule has 38 heavy (non-hydrogen) atoms. The lowest BCUT2D eigenvalue weighted by Crippen LogP contribution is -2.46. The zero-order valence-corrected chi connectivity index (χ0v) is 19.9. The van der Waals surface area contributed by atoms with Crippen LogP contribution in [-0.2, 0) is 0 Å². The van der Waals surface area contributed by atoms with Gasteiger partial charge < -0.3 is 8.96 Å². The highest BCUT2D eigenvalue weighted by molar-refractivity contribution is 6.56. The molecule has 8 rings (SSSR count). The molecule has 6 aliphatic rings. The molecule has 4 bridgehead atoms. The van der Waals surface area contributed by atoms with Crippen molar-refractivity contribution in [2.24, 2.45) is 49.9 Å². The first-order chi connectivity index (χ1) is 18.8. The molecule has 8 heterocycles. The van der Waals surface area contributed by atoms with Crippen molar-refractivity contribution in [2.75, 3.05) is 0 Å². The van der Waals surface area contributed by atoms with Gasteiger partial charge in [-0.25, -0.2) is 20.0 Å². The predicted octanol–water partition coefficient (Wildman–Crippen LogP) is 3.02. The van der Waals surface area contributed by atoms with Crippen LogP contribution in [0.5, 0.6) is 0 Å². The Morgan fingerprint density at radius 3 is 1.50 bits per heavy atom. The van der Waals surface area contributed by atoms with Crippen molar-refractivity contribution >= 4 is 90.3 Å². The van der Waals surface area contributed by atoms with Crippen molar-refractivity contribution in [2.45, 2.75) is 6.82 Å². The van der Waals surface area contributed by atoms with Gasteiger partial charge in [-0.1, -0.05) is 0 Å². The number of allylic oxidation sites excluding steroid dienone is 6. The zero-order valence-electron chi connectivity index (χ0n) is 19.9. The Balaban J connectivity index is 1.59. The van der Waals surface area contributed by atoms with Crippen molar-refractivity contribution < 1.29 is 0 Å². The fraction of sp³-hybridized carbons (Fsp3) is 0.0400. The molecule has 0 unspecified atom stereocenters. The molecule has 2 aromatic heterocycles. The van der Waals surface area contributed by atoms with Gasteiger partial charge in [-0.15, -0.1) is 0 Å². The summed E-state index contributed by atoms with van der Waals surface area (Å²) >= 11 is 0. The van der Waals surface area contributed by atoms with Crippen LogP contribution in [0.2, 0.25) is 6.82 Å². The van der Waals surface area contributed by atoms with Gasteiger partial charge in [-0.3, -0.25) is 30.0 Å². The van der Waals surface area contributed by atoms with Gasteiger partial charge in [-0.05, 0) is 43.3 Å². The fourth-order valence-corrected chi connectivity index (χ4v) is 4.92. The normalized spacial score (nSPS) is 19.7. The molecule has 0 spiro atoms. The monoisotopic (exact) mass is 494 g/mol. The van der Waals surface area contributed by atoms with Gasteiger partial charge in [0.2, 0.25) is 0 Å². The highest BCUT2D eigenvalue weighted by atomic mass is 15.3. The second-order valence-corrected chi connectivity index (χ2v) is 8.68. The zero-order chi connectivity index (χ0) is 25.2. The van der Waals surface area contributed by atoms with Crippen LogP contribution in [0.3, 0.4) is 0 Å². The molecule has 178 valence electrons. The Morgan fingerprint density at radius 1 is 0.474 bits per heavy atom. The lowest BCUT2D eigenvalue weighted by molar-refractivity contribution is 0.910. The topological polar surface area (TPSA) is 133 Å². The minimum Gasteiger partial charge on any atom is -0.331 e. The summed E-state index contributed by atoms with van der Waals surface area (Å²) in [6.45, 7) is 1.75. The molecule has 0 atom stereocenters. The number of fused-ring (bicyclic) bond motifs is 9. The molecule has 0 radical (unpaired) electrons. The quantitative estimate of drug-likeness (QED) is 0.498. The van der Waals surface area contributed by atoms with Gasteiger partial charge in [0.15, 0.2) is 34.3 Å². The van der Waals surface area contributed by atoms with Crippen molar-refractivity contribution in [3.05, 3.63) is 58.8 Å². The summed E-state index contributed by atoms with van der Waals surface area (Å²) in [6, 6.07) is 0. The number of hydrogen-bond donors (Lipinski definition) is 0. The van der Waals surface area contributed by atoms with E-state index in [-0.39, 0.29) is 6.98 Å². The van der Waals surface area contributed by atoms with Crippen LogP contribution in [0.15, 0.2) is 97.8 Å². The molecule has 0 amide bonds. The summed E-state index contributed by atoms with van der Waals surface area (Å²) in [5.74, 6) is 1.94. The summed E-state index contributed by atoms with van der Waals surface area (Å²) in [4.78, 5) is 47.9. The predicted molar refractivity (Wildman–Crippen MR) is 152 cm³/mol. The molecule has 2 aromatic rings. The van der Waals surface area contributed by atoms with E-state index >= 15 is 0 Å². The maximum atomic E-state index is 5.07. The van der Waals surface area contributed by atoms with E-state index in [0.717, 1.165) is 0 Å². The van der Waals surface area contributed by atoms with Gasteiger partial charge in [0.25, 0.3) is 0 Å². The van der Waals surface area contributed by atoms with E-state index in [9.17, 15) is 0 Å². The average molecular weight is 494 g/mol. The summed E-state index contributed by atoms with van der Waals surface area (Å²) in [5, 5.41) is 0. The molecular weight excluding hydrogens is 479 g/mol. The third kappa shape index (κ3) is 2.80. The maximum absolute atomic E-state index is 5.07. The van der Waals surface area contributed by atoms with Gasteiger partial charge in [-0.2, -0.15) is 0 Å². The fourth-order valence-electron chi connectivity index (χ4n) is 4.92. The Hall–Kier alpha value is -5.46. The molecule has 0 saturated heterocycles. The number of hydrogen-bond acceptors (Lipinski definition) is 10. The lowest BCUT2D eigenvalue weighted by atomic mass is 9.78. The Kier molecular flexibility index (Phi) is 4.23. The maximum Gasteiger partial charge on any atom is 0.386 e. The van der Waals surface area contributed by atoms with E-state index in [1.165, 1.54) is 0 Å². The Morgan fingerprint density at radius 2 is 0.921 bits per heavy atom. The Bertz CT molecular complexity index is 1980. The number of aliphatic imine (C=N–C) groups is 8. The number of rotatable bonds is 0. The second kappa shape index (κ2) is 7.77. The van der Waals surface area contributed by atoms with Crippen LogP contribution in [0.25, 0.3) is 0 Å². The van der Waals surface area contributed by atoms with Gasteiger partial charge in [0.05, 0.1) is 0 Å². The first kappa shape index (κ1) is 20.7. The highest BCUT2D eigenvalue weighted by Gasteiger charge is 2.37. The number of nitrogens with zero attached hydrogens (tertiary/aromatic N) is 12.